The third-order valence-electron chi connectivity index (χ3n) is 8.65. The molecule has 0 amide bonds. The second kappa shape index (κ2) is 9.93. The molecule has 0 N–H and O–H groups in total. The molecule has 9 aromatic carbocycles. The maximum Gasteiger partial charge on any atom is 0.0629 e. The van der Waals surface area contributed by atoms with Crippen LogP contribution in [0, 0.1) is 0 Å². The molecule has 0 aliphatic carbocycles. The predicted octanol–water partition coefficient (Wildman–Crippen LogP) is 12.5. The minimum absolute atomic E-state index is 0.200. The van der Waals surface area contributed by atoms with Crippen molar-refractivity contribution in [1.82, 2.24) is 0 Å². The molecule has 0 heterocycles. The molecule has 0 bridgehead atoms. The van der Waals surface area contributed by atoms with Crippen molar-refractivity contribution in [2.24, 2.45) is 0 Å². The number of hydrogen-bond acceptors (Lipinski definition) is 0. The molecule has 0 saturated heterocycles. The Kier molecular flexibility index (Phi) is 4.08. The highest BCUT2D eigenvalue weighted by Crippen LogP contribution is 2.47. The Hall–Kier alpha value is -5.72. The molecule has 0 heteroatoms. The molecule has 0 aliphatic rings. The quantitative estimate of drug-likeness (QED) is 0.148. The van der Waals surface area contributed by atoms with E-state index in [-0.39, 0.29) is 45.7 Å². The van der Waals surface area contributed by atoms with Crippen LogP contribution in [-0.4, -0.2) is 0 Å². The molecule has 0 atom stereocenters. The molecular weight excluding hydrogens is 528 g/mol. The van der Waals surface area contributed by atoms with Crippen LogP contribution in [0.1, 0.15) is 11.0 Å². The predicted molar refractivity (Wildman–Crippen MR) is 190 cm³/mol. The molecule has 0 aliphatic heterocycles. The smallest absolute Gasteiger partial charge is 0.0622 e. The molecule has 9 rings (SSSR count). The van der Waals surface area contributed by atoms with Gasteiger partial charge >= 0.3 is 0 Å². The van der Waals surface area contributed by atoms with Crippen molar-refractivity contribution in [3.8, 4) is 33.4 Å². The highest BCUT2D eigenvalue weighted by molar-refractivity contribution is 6.28. The first kappa shape index (κ1) is 18.1. The fraction of sp³-hybridized carbons (Fsp3) is 0. The van der Waals surface area contributed by atoms with Crippen LogP contribution in [0.25, 0.3) is 87.2 Å². The minimum Gasteiger partial charge on any atom is -0.0622 e. The monoisotopic (exact) mass is 564 g/mol. The lowest BCUT2D eigenvalue weighted by molar-refractivity contribution is 1.61. The van der Waals surface area contributed by atoms with Crippen molar-refractivity contribution >= 4 is 53.9 Å². The largest absolute Gasteiger partial charge is 0.0629 e. The maximum absolute atomic E-state index is 9.44. The van der Waals surface area contributed by atoms with Crippen molar-refractivity contribution in [3.63, 3.8) is 0 Å². The third-order valence-corrected chi connectivity index (χ3v) is 8.65. The summed E-state index contributed by atoms with van der Waals surface area (Å²) in [4.78, 5) is 0. The summed E-state index contributed by atoms with van der Waals surface area (Å²) < 4.78 is 73.1. The molecule has 0 nitrogen and oxygen atoms in total. The molecular formula is C44H28. The number of fused-ring (bicyclic) bond motifs is 7. The molecule has 204 valence electrons. The van der Waals surface area contributed by atoms with E-state index in [1.165, 1.54) is 0 Å². The molecule has 9 aromatic rings. The van der Waals surface area contributed by atoms with E-state index in [1.807, 2.05) is 109 Å². The van der Waals surface area contributed by atoms with Crippen LogP contribution < -0.4 is 0 Å². The molecule has 0 radical (unpaired) electrons. The number of benzene rings is 9. The van der Waals surface area contributed by atoms with Gasteiger partial charge in [-0.3, -0.25) is 0 Å². The van der Waals surface area contributed by atoms with Gasteiger partial charge in [-0.05, 0) is 99.4 Å². The highest BCUT2D eigenvalue weighted by Gasteiger charge is 2.19. The van der Waals surface area contributed by atoms with Gasteiger partial charge in [0.15, 0.2) is 0 Å². The zero-order chi connectivity index (χ0) is 36.0. The summed E-state index contributed by atoms with van der Waals surface area (Å²) in [5.74, 6) is 0. The summed E-state index contributed by atoms with van der Waals surface area (Å²) >= 11 is 0. The van der Waals surface area contributed by atoms with E-state index in [2.05, 4.69) is 12.1 Å². The van der Waals surface area contributed by atoms with Crippen molar-refractivity contribution in [2.75, 3.05) is 0 Å². The zero-order valence-electron chi connectivity index (χ0n) is 31.5. The lowest BCUT2D eigenvalue weighted by atomic mass is 9.83. The molecule has 0 aromatic heterocycles. The molecule has 0 spiro atoms. The van der Waals surface area contributed by atoms with Gasteiger partial charge in [0.25, 0.3) is 0 Å². The minimum atomic E-state index is -0.418. The Labute approximate surface area is 267 Å². The van der Waals surface area contributed by atoms with Gasteiger partial charge in [0, 0.05) is 0 Å². The Morgan fingerprint density at radius 2 is 0.886 bits per heavy atom. The number of hydrogen-bond donors (Lipinski definition) is 0. The number of rotatable bonds is 3. The van der Waals surface area contributed by atoms with Gasteiger partial charge in [-0.25, -0.2) is 0 Å². The van der Waals surface area contributed by atoms with Crippen LogP contribution in [0.4, 0.5) is 0 Å². The van der Waals surface area contributed by atoms with E-state index < -0.39 is 24.2 Å². The Morgan fingerprint density at radius 3 is 1.61 bits per heavy atom. The highest BCUT2D eigenvalue weighted by atomic mass is 14.2. The lowest BCUT2D eigenvalue weighted by Gasteiger charge is -2.20. The summed E-state index contributed by atoms with van der Waals surface area (Å²) in [6.45, 7) is 0. The summed E-state index contributed by atoms with van der Waals surface area (Å²) in [5, 5.41) is 6.60. The van der Waals surface area contributed by atoms with Gasteiger partial charge in [-0.2, -0.15) is 0 Å². The van der Waals surface area contributed by atoms with Crippen molar-refractivity contribution in [2.45, 2.75) is 0 Å². The average molecular weight is 565 g/mol. The van der Waals surface area contributed by atoms with Crippen molar-refractivity contribution in [3.05, 3.63) is 170 Å². The second-order valence-corrected chi connectivity index (χ2v) is 11.1. The first-order chi connectivity index (χ1) is 25.2. The van der Waals surface area contributed by atoms with Gasteiger partial charge in [0.05, 0.1) is 11.0 Å². The van der Waals surface area contributed by atoms with E-state index in [4.69, 9.17) is 5.48 Å². The lowest BCUT2D eigenvalue weighted by Crippen LogP contribution is -1.92. The standard InChI is InChI=1S/C44H28/c1-2-13-29(14-3-1)31-16-12-17-32(27-31)43-37-21-8-10-23-39(37)44(40-24-11-9-22-38(40)43)41-28-33-26-25-30-15-4-5-18-34(30)42(33)36-20-7-6-19-35(36)41/h1-28H/i8D,9D,10D,11D,21D,22D,23D,24D. The first-order valence-corrected chi connectivity index (χ1v) is 14.6. The maximum atomic E-state index is 9.44. The molecule has 0 fully saturated rings. The molecule has 0 unspecified atom stereocenters. The normalized spacial score (nSPS) is 14.2. The molecule has 0 saturated carbocycles. The topological polar surface area (TPSA) is 0 Å². The van der Waals surface area contributed by atoms with Gasteiger partial charge in [-0.1, -0.05) is 158 Å². The van der Waals surface area contributed by atoms with E-state index in [0.717, 1.165) is 43.4 Å². The van der Waals surface area contributed by atoms with Gasteiger partial charge in [0.1, 0.15) is 0 Å². The SMILES string of the molecule is [2H]c1c([2H])c([2H])c2c(-c3cc4ccc5ccccc5c4c4ccccc34)c3c([2H])c([2H])c([2H])c([2H])c3c(-c3cccc(-c4ccccc4)c3)c2c1[2H]. The van der Waals surface area contributed by atoms with Crippen LogP contribution in [0.2, 0.25) is 0 Å². The van der Waals surface area contributed by atoms with E-state index in [1.54, 1.807) is 0 Å². The van der Waals surface area contributed by atoms with Crippen LogP contribution in [-0.2, 0) is 0 Å². The Morgan fingerprint density at radius 1 is 0.341 bits per heavy atom. The van der Waals surface area contributed by atoms with Gasteiger partial charge in [-0.15, -0.1) is 0 Å². The molecule has 44 heavy (non-hydrogen) atoms. The van der Waals surface area contributed by atoms with Crippen LogP contribution in [0.15, 0.2) is 170 Å². The van der Waals surface area contributed by atoms with Gasteiger partial charge < -0.3 is 0 Å². The van der Waals surface area contributed by atoms with E-state index >= 15 is 0 Å². The van der Waals surface area contributed by atoms with Crippen LogP contribution in [0.3, 0.4) is 0 Å². The summed E-state index contributed by atoms with van der Waals surface area (Å²) in [6.07, 6.45) is 0. The van der Waals surface area contributed by atoms with E-state index in [0.29, 0.717) is 22.3 Å². The fourth-order valence-electron chi connectivity index (χ4n) is 6.75. The summed E-state index contributed by atoms with van der Waals surface area (Å²) in [7, 11) is 0. The second-order valence-electron chi connectivity index (χ2n) is 11.1. The fourth-order valence-corrected chi connectivity index (χ4v) is 6.75. The van der Waals surface area contributed by atoms with Crippen molar-refractivity contribution < 1.29 is 11.0 Å². The van der Waals surface area contributed by atoms with Crippen molar-refractivity contribution in [1.29, 1.82) is 0 Å². The first-order valence-electron chi connectivity index (χ1n) is 18.6. The summed E-state index contributed by atoms with van der Waals surface area (Å²) in [5.41, 5.74) is 3.67. The summed E-state index contributed by atoms with van der Waals surface area (Å²) in [6, 6.07) is 36.7. The zero-order valence-corrected chi connectivity index (χ0v) is 23.5. The van der Waals surface area contributed by atoms with E-state index in [9.17, 15) is 5.48 Å². The van der Waals surface area contributed by atoms with Gasteiger partial charge in [0.2, 0.25) is 0 Å². The Balaban J connectivity index is 1.56. The third kappa shape index (κ3) is 3.78. The Bertz CT molecular complexity index is 2910. The van der Waals surface area contributed by atoms with Crippen LogP contribution in [0.5, 0.6) is 0 Å². The van der Waals surface area contributed by atoms with Crippen LogP contribution >= 0.6 is 0 Å². The average Bonchev–Trinajstić information content (AvgIpc) is 3.19.